The predicted molar refractivity (Wildman–Crippen MR) is 171 cm³/mol. The fourth-order valence-electron chi connectivity index (χ4n) is 5.88. The van der Waals surface area contributed by atoms with E-state index in [0.717, 1.165) is 65.5 Å². The van der Waals surface area contributed by atoms with Gasteiger partial charge in [-0.05, 0) is 71.2 Å². The number of aliphatic imine (C=N–C) groups is 1. The molecule has 0 amide bonds. The van der Waals surface area contributed by atoms with Crippen LogP contribution in [-0.2, 0) is 4.74 Å². The molecule has 1 spiro atoms. The molecule has 2 fully saturated rings. The fraction of sp³-hybridized carbons (Fsp3) is 0.412. The van der Waals surface area contributed by atoms with Gasteiger partial charge in [-0.3, -0.25) is 4.99 Å². The van der Waals surface area contributed by atoms with Gasteiger partial charge in [-0.25, -0.2) is 8.91 Å². The molecule has 2 aliphatic rings. The molecular weight excluding hydrogens is 586 g/mol. The minimum absolute atomic E-state index is 0.0412. The van der Waals surface area contributed by atoms with Crippen LogP contribution in [0.2, 0.25) is 0 Å². The molecule has 11 heteroatoms. The highest BCUT2D eigenvalue weighted by atomic mass is 19.4. The second-order valence-corrected chi connectivity index (χ2v) is 12.0. The minimum Gasteiger partial charge on any atom is -0.404 e. The van der Waals surface area contributed by atoms with Crippen LogP contribution >= 0.6 is 0 Å². The summed E-state index contributed by atoms with van der Waals surface area (Å²) in [6, 6.07) is 4.08. The molecular formula is C34H41F4N5O2. The van der Waals surface area contributed by atoms with Crippen molar-refractivity contribution < 1.29 is 27.4 Å². The number of aliphatic hydroxyl groups is 1. The third kappa shape index (κ3) is 7.58. The van der Waals surface area contributed by atoms with Gasteiger partial charge in [-0.2, -0.15) is 5.10 Å². The van der Waals surface area contributed by atoms with Crippen LogP contribution in [0.25, 0.3) is 11.2 Å². The molecule has 45 heavy (non-hydrogen) atoms. The van der Waals surface area contributed by atoms with Crippen LogP contribution in [0.3, 0.4) is 0 Å². The number of allylic oxidation sites excluding steroid dienone is 6. The standard InChI is InChI=1S/C34H41F4N5O2/c1-8-11-29(41-30(22(4)5)14-25(9-2)23(6)39-16-27(10-3)45-34(36,37)38)28-17-40-43-13-12-26(15-31(28)43)42-20-32(21-42)18-33(44,19-32)24(7)35/h9-17,24,41,44H,2,6,8,18-21H2,1,3-5,7H3/b25-14+,27-10+,29-11?,39-16?. The summed E-state index contributed by atoms with van der Waals surface area (Å²) in [5.41, 5.74) is 4.75. The number of nitrogens with zero attached hydrogens (tertiary/aromatic N) is 4. The zero-order valence-corrected chi connectivity index (χ0v) is 26.4. The lowest BCUT2D eigenvalue weighted by atomic mass is 9.54. The Morgan fingerprint density at radius 1 is 1.29 bits per heavy atom. The number of aromatic nitrogens is 2. The van der Waals surface area contributed by atoms with E-state index in [-0.39, 0.29) is 11.1 Å². The quantitative estimate of drug-likeness (QED) is 0.109. The number of hydrogen-bond acceptors (Lipinski definition) is 6. The summed E-state index contributed by atoms with van der Waals surface area (Å²) in [5.74, 6) is -0.454. The first-order valence-electron chi connectivity index (χ1n) is 14.9. The lowest BCUT2D eigenvalue weighted by Crippen LogP contribution is -2.70. The molecule has 3 heterocycles. The molecule has 1 saturated heterocycles. The molecule has 1 unspecified atom stereocenters. The Kier molecular flexibility index (Phi) is 9.82. The molecule has 0 aromatic carbocycles. The highest BCUT2D eigenvalue weighted by molar-refractivity contribution is 5.80. The normalized spacial score (nSPS) is 18.9. The van der Waals surface area contributed by atoms with Crippen LogP contribution in [0.15, 0.2) is 95.3 Å². The van der Waals surface area contributed by atoms with Crippen LogP contribution in [0, 0.1) is 5.41 Å². The molecule has 0 bridgehead atoms. The van der Waals surface area contributed by atoms with Crippen LogP contribution in [-0.4, -0.2) is 52.2 Å². The number of ether oxygens (including phenoxy) is 1. The van der Waals surface area contributed by atoms with Gasteiger partial charge in [-0.15, -0.1) is 13.2 Å². The van der Waals surface area contributed by atoms with Crippen molar-refractivity contribution in [3.8, 4) is 0 Å². The topological polar surface area (TPSA) is 74.4 Å². The van der Waals surface area contributed by atoms with E-state index in [2.05, 4.69) is 50.3 Å². The van der Waals surface area contributed by atoms with E-state index in [1.165, 1.54) is 19.9 Å². The van der Waals surface area contributed by atoms with Crippen LogP contribution in [0.5, 0.6) is 0 Å². The molecule has 242 valence electrons. The zero-order chi connectivity index (χ0) is 33.2. The molecule has 1 saturated carbocycles. The maximum atomic E-state index is 13.8. The first kappa shape index (κ1) is 33.8. The Morgan fingerprint density at radius 2 is 1.98 bits per heavy atom. The maximum Gasteiger partial charge on any atom is 0.573 e. The van der Waals surface area contributed by atoms with Gasteiger partial charge in [0.1, 0.15) is 11.9 Å². The third-order valence-electron chi connectivity index (χ3n) is 8.25. The van der Waals surface area contributed by atoms with E-state index >= 15 is 0 Å². The van der Waals surface area contributed by atoms with Crippen LogP contribution in [0.1, 0.15) is 59.4 Å². The lowest BCUT2D eigenvalue weighted by Gasteiger charge is -2.63. The summed E-state index contributed by atoms with van der Waals surface area (Å²) >= 11 is 0. The molecule has 1 aliphatic heterocycles. The van der Waals surface area contributed by atoms with Crippen molar-refractivity contribution in [1.82, 2.24) is 14.9 Å². The Balaban J connectivity index is 1.55. The molecule has 7 nitrogen and oxygen atoms in total. The number of alkyl halides is 4. The van der Waals surface area contributed by atoms with E-state index in [0.29, 0.717) is 18.4 Å². The molecule has 0 radical (unpaired) electrons. The Morgan fingerprint density at radius 3 is 2.53 bits per heavy atom. The number of halogens is 4. The average molecular weight is 628 g/mol. The van der Waals surface area contributed by atoms with Gasteiger partial charge >= 0.3 is 6.36 Å². The molecule has 1 atom stereocenters. The molecule has 4 rings (SSSR count). The Labute approximate surface area is 261 Å². The van der Waals surface area contributed by atoms with Gasteiger partial charge in [0.25, 0.3) is 0 Å². The van der Waals surface area contributed by atoms with Crippen molar-refractivity contribution >= 4 is 23.1 Å². The van der Waals surface area contributed by atoms with E-state index < -0.39 is 23.9 Å². The fourth-order valence-corrected chi connectivity index (χ4v) is 5.88. The largest absolute Gasteiger partial charge is 0.573 e. The summed E-state index contributed by atoms with van der Waals surface area (Å²) in [6.45, 7) is 18.0. The van der Waals surface area contributed by atoms with E-state index in [9.17, 15) is 22.7 Å². The molecule has 2 N–H and O–H groups in total. The number of fused-ring (bicyclic) bond motifs is 1. The van der Waals surface area contributed by atoms with Crippen molar-refractivity contribution in [2.45, 2.75) is 72.0 Å². The van der Waals surface area contributed by atoms with Gasteiger partial charge in [0.15, 0.2) is 0 Å². The molecule has 2 aromatic rings. The van der Waals surface area contributed by atoms with Crippen LogP contribution in [0.4, 0.5) is 23.2 Å². The number of hydrogen-bond donors (Lipinski definition) is 2. The Bertz CT molecular complexity index is 1590. The molecule has 2 aromatic heterocycles. The number of anilines is 1. The zero-order valence-electron chi connectivity index (χ0n) is 26.4. The van der Waals surface area contributed by atoms with Gasteiger partial charge in [0.2, 0.25) is 0 Å². The molecule has 1 aliphatic carbocycles. The average Bonchev–Trinajstić information content (AvgIpc) is 3.36. The van der Waals surface area contributed by atoms with Crippen molar-refractivity contribution in [1.29, 1.82) is 0 Å². The van der Waals surface area contributed by atoms with Gasteiger partial charge in [0, 0.05) is 52.9 Å². The van der Waals surface area contributed by atoms with Crippen molar-refractivity contribution in [3.05, 3.63) is 95.9 Å². The van der Waals surface area contributed by atoms with Gasteiger partial charge < -0.3 is 20.1 Å². The lowest BCUT2D eigenvalue weighted by molar-refractivity contribution is -0.301. The minimum atomic E-state index is -4.83. The third-order valence-corrected chi connectivity index (χ3v) is 8.25. The van der Waals surface area contributed by atoms with E-state index in [1.807, 2.05) is 33.0 Å². The first-order valence-corrected chi connectivity index (χ1v) is 14.9. The van der Waals surface area contributed by atoms with Gasteiger partial charge in [-0.1, -0.05) is 37.8 Å². The number of pyridine rings is 1. The van der Waals surface area contributed by atoms with Crippen LogP contribution < -0.4 is 10.2 Å². The Hall–Kier alpha value is -4.12. The van der Waals surface area contributed by atoms with Crippen molar-refractivity contribution in [2.24, 2.45) is 10.4 Å². The summed E-state index contributed by atoms with van der Waals surface area (Å²) < 4.78 is 57.6. The smallest absolute Gasteiger partial charge is 0.404 e. The maximum absolute atomic E-state index is 13.8. The SMILES string of the molecule is C=C/C(=C\C(NC(=CCC)c1cnn2ccc(N3CC4(C3)CC(O)(C(C)F)C4)cc12)=C(C)C)C(=C)N=C/C(=C\C)OC(F)(F)F. The summed E-state index contributed by atoms with van der Waals surface area (Å²) in [5, 5.41) is 18.5. The van der Waals surface area contributed by atoms with Crippen molar-refractivity contribution in [3.63, 3.8) is 0 Å². The highest BCUT2D eigenvalue weighted by Crippen LogP contribution is 2.56. The summed E-state index contributed by atoms with van der Waals surface area (Å²) in [7, 11) is 0. The van der Waals surface area contributed by atoms with Gasteiger partial charge in [0.05, 0.1) is 29.2 Å². The highest BCUT2D eigenvalue weighted by Gasteiger charge is 2.61. The van der Waals surface area contributed by atoms with E-state index in [1.54, 1.807) is 16.8 Å². The summed E-state index contributed by atoms with van der Waals surface area (Å²) in [4.78, 5) is 6.32. The first-order chi connectivity index (χ1) is 21.1. The summed E-state index contributed by atoms with van der Waals surface area (Å²) in [6.07, 6.45) is 6.83. The van der Waals surface area contributed by atoms with Crippen molar-refractivity contribution in [2.75, 3.05) is 18.0 Å². The number of rotatable bonds is 12. The predicted octanol–water partition coefficient (Wildman–Crippen LogP) is 7.80. The monoisotopic (exact) mass is 627 g/mol. The number of nitrogens with one attached hydrogen (secondary N) is 1. The second kappa shape index (κ2) is 13.1. The van der Waals surface area contributed by atoms with E-state index in [4.69, 9.17) is 0 Å². The second-order valence-electron chi connectivity index (χ2n) is 12.0.